The summed E-state index contributed by atoms with van der Waals surface area (Å²) in [5.74, 6) is 1.85. The maximum Gasteiger partial charge on any atom is 0.166 e. The monoisotopic (exact) mass is 450 g/mol. The van der Waals surface area contributed by atoms with Gasteiger partial charge in [0, 0.05) is 12.0 Å². The molecule has 2 aliphatic carbocycles. The van der Waals surface area contributed by atoms with Crippen LogP contribution in [0.3, 0.4) is 0 Å². The molecular weight excluding hydrogens is 416 g/mol. The Labute approximate surface area is 196 Å². The summed E-state index contributed by atoms with van der Waals surface area (Å²) >= 11 is 0. The fourth-order valence-corrected chi connectivity index (χ4v) is 4.53. The number of carbonyl (C=O) groups excluding carboxylic acids is 1. The van der Waals surface area contributed by atoms with Crippen molar-refractivity contribution in [1.82, 2.24) is 0 Å². The van der Waals surface area contributed by atoms with Gasteiger partial charge in [-0.2, -0.15) is 0 Å². The first-order chi connectivity index (χ1) is 16.1. The lowest BCUT2D eigenvalue weighted by Crippen LogP contribution is -2.36. The van der Waals surface area contributed by atoms with Gasteiger partial charge in [0.25, 0.3) is 0 Å². The highest BCUT2D eigenvalue weighted by molar-refractivity contribution is 6.01. The van der Waals surface area contributed by atoms with Crippen molar-refractivity contribution in [3.05, 3.63) is 65.5 Å². The zero-order valence-corrected chi connectivity index (χ0v) is 19.9. The standard InChI is InChI=1S/C26H28O5.C2H6/c1-3-17-8-9-23(31-16-19-14-29-19)21-12-26(10-6-5-7-24(26)27)11-20(25(17)21)22(4-2)30-15-18-13-28-18;1-2/h3,5-10,18-19H,1,4,11-16H2,2H3;1-2H3/b22-20+;. The number of benzene rings is 1. The number of allylic oxidation sites excluding steroid dienone is 6. The molecule has 2 heterocycles. The Kier molecular flexibility index (Phi) is 7.20. The van der Waals surface area contributed by atoms with E-state index in [-0.39, 0.29) is 18.0 Å². The predicted molar refractivity (Wildman–Crippen MR) is 130 cm³/mol. The first kappa shape index (κ1) is 23.5. The molecular formula is C28H34O5. The second-order valence-corrected chi connectivity index (χ2v) is 8.59. The molecule has 1 aromatic carbocycles. The molecule has 2 aliphatic heterocycles. The number of fused-ring (bicyclic) bond motifs is 1. The zero-order valence-electron chi connectivity index (χ0n) is 19.9. The smallest absolute Gasteiger partial charge is 0.166 e. The summed E-state index contributed by atoms with van der Waals surface area (Å²) in [7, 11) is 0. The van der Waals surface area contributed by atoms with Crippen molar-refractivity contribution >= 4 is 17.4 Å². The molecule has 0 amide bonds. The summed E-state index contributed by atoms with van der Waals surface area (Å²) in [6.07, 6.45) is 11.7. The molecule has 33 heavy (non-hydrogen) atoms. The van der Waals surface area contributed by atoms with Crippen molar-refractivity contribution in [2.75, 3.05) is 26.4 Å². The van der Waals surface area contributed by atoms with Crippen LogP contribution >= 0.6 is 0 Å². The lowest BCUT2D eigenvalue weighted by Gasteiger charge is -2.38. The molecule has 0 aromatic heterocycles. The molecule has 1 aromatic rings. The van der Waals surface area contributed by atoms with Crippen LogP contribution in [0.25, 0.3) is 11.6 Å². The topological polar surface area (TPSA) is 60.6 Å². The van der Waals surface area contributed by atoms with Gasteiger partial charge in [-0.15, -0.1) is 0 Å². The van der Waals surface area contributed by atoms with Crippen molar-refractivity contribution < 1.29 is 23.7 Å². The summed E-state index contributed by atoms with van der Waals surface area (Å²) in [5, 5.41) is 0. The van der Waals surface area contributed by atoms with Crippen LogP contribution in [0.15, 0.2) is 48.8 Å². The Balaban J connectivity index is 0.00000126. The van der Waals surface area contributed by atoms with E-state index in [0.717, 1.165) is 53.4 Å². The SMILES string of the molecule is C=Cc1ccc(OCC2CO2)c2c1/C(=C(\CC)OCC1CO1)CC1(C=CC=CC1=O)C2.CC. The highest BCUT2D eigenvalue weighted by Crippen LogP contribution is 2.50. The van der Waals surface area contributed by atoms with Crippen LogP contribution in [0.1, 0.15) is 50.3 Å². The first-order valence-electron chi connectivity index (χ1n) is 12.0. The summed E-state index contributed by atoms with van der Waals surface area (Å²) in [6, 6.07) is 4.04. The Morgan fingerprint density at radius 3 is 2.52 bits per heavy atom. The van der Waals surface area contributed by atoms with E-state index >= 15 is 0 Å². The molecule has 0 N–H and O–H groups in total. The van der Waals surface area contributed by atoms with Crippen molar-refractivity contribution in [3.63, 3.8) is 0 Å². The van der Waals surface area contributed by atoms with Crippen LogP contribution in [0.4, 0.5) is 0 Å². The maximum absolute atomic E-state index is 13.2. The van der Waals surface area contributed by atoms with Crippen molar-refractivity contribution in [2.45, 2.75) is 52.2 Å². The largest absolute Gasteiger partial charge is 0.495 e. The van der Waals surface area contributed by atoms with Gasteiger partial charge in [0.15, 0.2) is 5.78 Å². The molecule has 0 bridgehead atoms. The van der Waals surface area contributed by atoms with Gasteiger partial charge in [0.05, 0.1) is 24.4 Å². The van der Waals surface area contributed by atoms with E-state index in [2.05, 4.69) is 13.5 Å². The molecule has 2 saturated heterocycles. The van der Waals surface area contributed by atoms with Gasteiger partial charge in [-0.1, -0.05) is 57.7 Å². The summed E-state index contributed by atoms with van der Waals surface area (Å²) in [4.78, 5) is 13.2. The fourth-order valence-electron chi connectivity index (χ4n) is 4.53. The van der Waals surface area contributed by atoms with Crippen LogP contribution < -0.4 is 4.74 Å². The van der Waals surface area contributed by atoms with Crippen molar-refractivity contribution in [2.24, 2.45) is 5.41 Å². The number of rotatable bonds is 8. The second-order valence-electron chi connectivity index (χ2n) is 8.59. The Bertz CT molecular complexity index is 994. The van der Waals surface area contributed by atoms with E-state index in [4.69, 9.17) is 18.9 Å². The molecule has 176 valence electrons. The second kappa shape index (κ2) is 10.1. The van der Waals surface area contributed by atoms with E-state index in [1.165, 1.54) is 0 Å². The minimum absolute atomic E-state index is 0.125. The fraction of sp³-hybridized carbons (Fsp3) is 0.464. The number of carbonyl (C=O) groups is 1. The van der Waals surface area contributed by atoms with Crippen LogP contribution in [0.2, 0.25) is 0 Å². The minimum Gasteiger partial charge on any atom is -0.495 e. The number of ether oxygens (including phenoxy) is 4. The van der Waals surface area contributed by atoms with Gasteiger partial charge in [-0.3, -0.25) is 4.79 Å². The molecule has 3 unspecified atom stereocenters. The minimum atomic E-state index is -0.620. The third-order valence-electron chi connectivity index (χ3n) is 6.40. The maximum atomic E-state index is 13.2. The van der Waals surface area contributed by atoms with Crippen LogP contribution in [0.5, 0.6) is 5.75 Å². The van der Waals surface area contributed by atoms with Gasteiger partial charge in [0.1, 0.15) is 31.2 Å². The first-order valence-corrected chi connectivity index (χ1v) is 12.0. The average Bonchev–Trinajstić information content (AvgIpc) is 3.76. The number of epoxide rings is 2. The van der Waals surface area contributed by atoms with E-state index in [9.17, 15) is 4.79 Å². The molecule has 0 saturated carbocycles. The van der Waals surface area contributed by atoms with E-state index in [1.807, 2.05) is 50.3 Å². The highest BCUT2D eigenvalue weighted by Gasteiger charge is 2.43. The van der Waals surface area contributed by atoms with Gasteiger partial charge < -0.3 is 18.9 Å². The van der Waals surface area contributed by atoms with Gasteiger partial charge >= 0.3 is 0 Å². The molecule has 3 atom stereocenters. The van der Waals surface area contributed by atoms with Crippen LogP contribution in [-0.4, -0.2) is 44.4 Å². The lowest BCUT2D eigenvalue weighted by atomic mass is 9.64. The third kappa shape index (κ3) is 4.99. The Morgan fingerprint density at radius 1 is 1.15 bits per heavy atom. The summed E-state index contributed by atoms with van der Waals surface area (Å²) in [5.41, 5.74) is 3.63. The summed E-state index contributed by atoms with van der Waals surface area (Å²) < 4.78 is 23.1. The van der Waals surface area contributed by atoms with Crippen molar-refractivity contribution in [3.8, 4) is 5.75 Å². The van der Waals surface area contributed by atoms with Crippen molar-refractivity contribution in [1.29, 1.82) is 0 Å². The zero-order chi connectivity index (χ0) is 23.4. The normalized spacial score (nSPS) is 27.9. The van der Waals surface area contributed by atoms with E-state index in [0.29, 0.717) is 26.1 Å². The van der Waals surface area contributed by atoms with Crippen LogP contribution in [-0.2, 0) is 25.4 Å². The lowest BCUT2D eigenvalue weighted by molar-refractivity contribution is -0.121. The van der Waals surface area contributed by atoms with Crippen LogP contribution in [0, 0.1) is 5.41 Å². The van der Waals surface area contributed by atoms with Gasteiger partial charge in [-0.25, -0.2) is 0 Å². The number of hydrogen-bond acceptors (Lipinski definition) is 5. The number of hydrogen-bond donors (Lipinski definition) is 0. The van der Waals surface area contributed by atoms with Gasteiger partial charge in [0.2, 0.25) is 0 Å². The Hall–Kier alpha value is -2.63. The molecule has 5 heteroatoms. The molecule has 4 aliphatic rings. The average molecular weight is 451 g/mol. The third-order valence-corrected chi connectivity index (χ3v) is 6.40. The molecule has 5 nitrogen and oxygen atoms in total. The quantitative estimate of drug-likeness (QED) is 0.397. The summed E-state index contributed by atoms with van der Waals surface area (Å²) in [6.45, 7) is 12.7. The van der Waals surface area contributed by atoms with E-state index < -0.39 is 5.41 Å². The van der Waals surface area contributed by atoms with Gasteiger partial charge in [-0.05, 0) is 41.7 Å². The predicted octanol–water partition coefficient (Wildman–Crippen LogP) is 5.30. The number of ketones is 1. The molecule has 1 spiro atoms. The Morgan fingerprint density at radius 2 is 1.88 bits per heavy atom. The molecule has 2 fully saturated rings. The highest BCUT2D eigenvalue weighted by atomic mass is 16.6. The molecule has 5 rings (SSSR count). The van der Waals surface area contributed by atoms with E-state index in [1.54, 1.807) is 6.08 Å². The molecule has 0 radical (unpaired) electrons.